The minimum Gasteiger partial charge on any atom is -0.459 e. The minimum absolute atomic E-state index is 0.349. The monoisotopic (exact) mass is 341 g/mol. The van der Waals surface area contributed by atoms with E-state index < -0.39 is 11.9 Å². The van der Waals surface area contributed by atoms with Gasteiger partial charge < -0.3 is 9.64 Å². The molecular weight excluding hydrogens is 302 g/mol. The Hall–Kier alpha value is -1.06. The topological polar surface area (TPSA) is 46.6 Å². The van der Waals surface area contributed by atoms with Gasteiger partial charge in [-0.15, -0.1) is 0 Å². The SMILES string of the molecule is CCCCCCN(CCCCCC)C(=O)C(=O)OCCCC(C)C. The maximum absolute atomic E-state index is 12.4. The smallest absolute Gasteiger partial charge is 0.397 e. The minimum atomic E-state index is -0.676. The van der Waals surface area contributed by atoms with Gasteiger partial charge >= 0.3 is 11.9 Å². The van der Waals surface area contributed by atoms with Crippen molar-refractivity contribution < 1.29 is 14.3 Å². The van der Waals surface area contributed by atoms with E-state index >= 15 is 0 Å². The first-order valence-corrected chi connectivity index (χ1v) is 9.98. The van der Waals surface area contributed by atoms with Gasteiger partial charge in [0.25, 0.3) is 0 Å². The van der Waals surface area contributed by atoms with Gasteiger partial charge in [0.1, 0.15) is 0 Å². The van der Waals surface area contributed by atoms with E-state index in [0.717, 1.165) is 38.5 Å². The molecule has 0 aromatic carbocycles. The molecule has 0 heterocycles. The Morgan fingerprint density at radius 1 is 0.833 bits per heavy atom. The summed E-state index contributed by atoms with van der Waals surface area (Å²) in [6, 6.07) is 0. The van der Waals surface area contributed by atoms with Crippen LogP contribution in [0.1, 0.15) is 91.9 Å². The lowest BCUT2D eigenvalue weighted by molar-refractivity contribution is -0.160. The first-order valence-electron chi connectivity index (χ1n) is 9.98. The molecule has 24 heavy (non-hydrogen) atoms. The molecule has 0 fully saturated rings. The molecule has 0 rings (SSSR count). The molecule has 142 valence electrons. The van der Waals surface area contributed by atoms with E-state index in [9.17, 15) is 9.59 Å². The van der Waals surface area contributed by atoms with Crippen molar-refractivity contribution >= 4 is 11.9 Å². The van der Waals surface area contributed by atoms with Crippen LogP contribution in [-0.2, 0) is 14.3 Å². The second kappa shape index (κ2) is 15.5. The Morgan fingerprint density at radius 3 is 1.83 bits per heavy atom. The number of carbonyl (C=O) groups excluding carboxylic acids is 2. The summed E-state index contributed by atoms with van der Waals surface area (Å²) in [6.07, 6.45) is 10.7. The van der Waals surface area contributed by atoms with Crippen LogP contribution in [-0.4, -0.2) is 36.5 Å². The fraction of sp³-hybridized carbons (Fsp3) is 0.900. The highest BCUT2D eigenvalue weighted by Gasteiger charge is 2.22. The van der Waals surface area contributed by atoms with Gasteiger partial charge in [-0.25, -0.2) is 4.79 Å². The summed E-state index contributed by atoms with van der Waals surface area (Å²) in [5, 5.41) is 0. The summed E-state index contributed by atoms with van der Waals surface area (Å²) in [6.45, 7) is 10.3. The van der Waals surface area contributed by atoms with Gasteiger partial charge in [0.15, 0.2) is 0 Å². The van der Waals surface area contributed by atoms with Gasteiger partial charge in [-0.2, -0.15) is 0 Å². The fourth-order valence-corrected chi connectivity index (χ4v) is 2.62. The van der Waals surface area contributed by atoms with Crippen LogP contribution >= 0.6 is 0 Å². The number of hydrogen-bond donors (Lipinski definition) is 0. The fourth-order valence-electron chi connectivity index (χ4n) is 2.62. The lowest BCUT2D eigenvalue weighted by Gasteiger charge is -2.21. The number of nitrogens with zero attached hydrogens (tertiary/aromatic N) is 1. The molecule has 0 N–H and O–H groups in total. The highest BCUT2D eigenvalue weighted by atomic mass is 16.5. The molecule has 4 heteroatoms. The van der Waals surface area contributed by atoms with E-state index in [-0.39, 0.29) is 0 Å². The molecule has 0 spiro atoms. The standard InChI is InChI=1S/C20H39NO3/c1-5-7-9-11-15-21(16-12-10-8-6-2)19(22)20(23)24-17-13-14-18(3)4/h18H,5-17H2,1-4H3. The quantitative estimate of drug-likeness (QED) is 0.255. The lowest BCUT2D eigenvalue weighted by Crippen LogP contribution is -2.39. The lowest BCUT2D eigenvalue weighted by atomic mass is 10.1. The average Bonchev–Trinajstić information content (AvgIpc) is 2.56. The van der Waals surface area contributed by atoms with E-state index in [2.05, 4.69) is 27.7 Å². The average molecular weight is 342 g/mol. The van der Waals surface area contributed by atoms with Crippen LogP contribution < -0.4 is 0 Å². The van der Waals surface area contributed by atoms with E-state index in [0.29, 0.717) is 25.6 Å². The van der Waals surface area contributed by atoms with E-state index in [1.54, 1.807) is 4.90 Å². The van der Waals surface area contributed by atoms with Crippen LogP contribution in [0, 0.1) is 5.92 Å². The Labute approximate surface area is 149 Å². The third kappa shape index (κ3) is 12.4. The summed E-state index contributed by atoms with van der Waals surface area (Å²) < 4.78 is 5.16. The van der Waals surface area contributed by atoms with Crippen molar-refractivity contribution in [2.45, 2.75) is 91.9 Å². The summed E-state index contributed by atoms with van der Waals surface area (Å²) in [5.74, 6) is -0.537. The molecule has 0 aliphatic heterocycles. The van der Waals surface area contributed by atoms with Gasteiger partial charge in [0.2, 0.25) is 0 Å². The van der Waals surface area contributed by atoms with E-state index in [1.807, 2.05) is 0 Å². The Bertz CT molecular complexity index is 317. The second-order valence-electron chi connectivity index (χ2n) is 7.09. The number of ether oxygens (including phenoxy) is 1. The van der Waals surface area contributed by atoms with Crippen molar-refractivity contribution in [3.63, 3.8) is 0 Å². The summed E-state index contributed by atoms with van der Waals surface area (Å²) in [7, 11) is 0. The van der Waals surface area contributed by atoms with Crippen LogP contribution in [0.25, 0.3) is 0 Å². The molecule has 0 aliphatic rings. The molecule has 0 radical (unpaired) electrons. The van der Waals surface area contributed by atoms with Gasteiger partial charge in [-0.3, -0.25) is 4.79 Å². The molecule has 0 aromatic rings. The van der Waals surface area contributed by atoms with E-state index in [1.165, 1.54) is 25.7 Å². The summed E-state index contributed by atoms with van der Waals surface area (Å²) in [4.78, 5) is 26.0. The number of carbonyl (C=O) groups is 2. The number of rotatable bonds is 14. The maximum Gasteiger partial charge on any atom is 0.397 e. The van der Waals surface area contributed by atoms with Gasteiger partial charge in [0, 0.05) is 13.1 Å². The van der Waals surface area contributed by atoms with Crippen LogP contribution in [0.15, 0.2) is 0 Å². The summed E-state index contributed by atoms with van der Waals surface area (Å²) in [5.41, 5.74) is 0. The van der Waals surface area contributed by atoms with Crippen molar-refractivity contribution in [2.75, 3.05) is 19.7 Å². The third-order valence-electron chi connectivity index (χ3n) is 4.18. The third-order valence-corrected chi connectivity index (χ3v) is 4.18. The Balaban J connectivity index is 4.27. The van der Waals surface area contributed by atoms with Crippen LogP contribution in [0.5, 0.6) is 0 Å². The van der Waals surface area contributed by atoms with Crippen LogP contribution in [0.4, 0.5) is 0 Å². The molecule has 0 saturated carbocycles. The molecular formula is C20H39NO3. The Morgan fingerprint density at radius 2 is 1.38 bits per heavy atom. The normalized spacial score (nSPS) is 10.9. The zero-order valence-electron chi connectivity index (χ0n) is 16.4. The van der Waals surface area contributed by atoms with E-state index in [4.69, 9.17) is 4.74 Å². The molecule has 0 bridgehead atoms. The van der Waals surface area contributed by atoms with Crippen molar-refractivity contribution in [3.05, 3.63) is 0 Å². The summed E-state index contributed by atoms with van der Waals surface area (Å²) >= 11 is 0. The number of amides is 1. The molecule has 0 saturated heterocycles. The number of esters is 1. The Kier molecular flexibility index (Phi) is 14.8. The molecule has 4 nitrogen and oxygen atoms in total. The highest BCUT2D eigenvalue weighted by molar-refractivity contribution is 6.32. The molecule has 0 atom stereocenters. The molecule has 0 aliphatic carbocycles. The second-order valence-corrected chi connectivity index (χ2v) is 7.09. The predicted molar refractivity (Wildman–Crippen MR) is 99.9 cm³/mol. The predicted octanol–water partition coefficient (Wildman–Crippen LogP) is 4.96. The first kappa shape index (κ1) is 22.9. The number of unbranched alkanes of at least 4 members (excludes halogenated alkanes) is 6. The molecule has 1 amide bonds. The van der Waals surface area contributed by atoms with Gasteiger partial charge in [-0.05, 0) is 31.6 Å². The maximum atomic E-state index is 12.4. The van der Waals surface area contributed by atoms with Gasteiger partial charge in [0.05, 0.1) is 6.61 Å². The molecule has 0 unspecified atom stereocenters. The zero-order valence-corrected chi connectivity index (χ0v) is 16.4. The van der Waals surface area contributed by atoms with Crippen molar-refractivity contribution in [3.8, 4) is 0 Å². The highest BCUT2D eigenvalue weighted by Crippen LogP contribution is 2.07. The first-order chi connectivity index (χ1) is 11.5. The van der Waals surface area contributed by atoms with Gasteiger partial charge in [-0.1, -0.05) is 66.2 Å². The molecule has 0 aromatic heterocycles. The zero-order chi connectivity index (χ0) is 18.2. The van der Waals surface area contributed by atoms with Crippen LogP contribution in [0.2, 0.25) is 0 Å². The largest absolute Gasteiger partial charge is 0.459 e. The number of hydrogen-bond acceptors (Lipinski definition) is 3. The van der Waals surface area contributed by atoms with Crippen molar-refractivity contribution in [1.29, 1.82) is 0 Å². The van der Waals surface area contributed by atoms with Crippen molar-refractivity contribution in [2.24, 2.45) is 5.92 Å². The van der Waals surface area contributed by atoms with Crippen LogP contribution in [0.3, 0.4) is 0 Å². The van der Waals surface area contributed by atoms with Crippen molar-refractivity contribution in [1.82, 2.24) is 4.90 Å².